The second kappa shape index (κ2) is 8.46. The number of carbonyl (C=O) groups excluding carboxylic acids is 2. The van der Waals surface area contributed by atoms with Gasteiger partial charge in [0.05, 0.1) is 21.0 Å². The molecule has 5 nitrogen and oxygen atoms in total. The number of likely N-dealkylation sites (N-methyl/N-ethyl adjacent to an activating group) is 1. The Bertz CT molecular complexity index is 713. The lowest BCUT2D eigenvalue weighted by Crippen LogP contribution is -2.27. The van der Waals surface area contributed by atoms with E-state index in [0.717, 1.165) is 5.56 Å². The Kier molecular flexibility index (Phi) is 6.85. The van der Waals surface area contributed by atoms with E-state index < -0.39 is 5.97 Å². The van der Waals surface area contributed by atoms with E-state index in [1.54, 1.807) is 23.1 Å². The van der Waals surface area contributed by atoms with E-state index in [2.05, 4.69) is 36.6 Å². The number of thiocarbonyl (C=S) groups is 1. The second-order valence-corrected chi connectivity index (χ2v) is 7.99. The highest BCUT2D eigenvalue weighted by Gasteiger charge is 2.30. The summed E-state index contributed by atoms with van der Waals surface area (Å²) in [5.74, 6) is -0.0782. The van der Waals surface area contributed by atoms with Crippen LogP contribution < -0.4 is 4.74 Å². The van der Waals surface area contributed by atoms with Crippen molar-refractivity contribution in [3.63, 3.8) is 0 Å². The maximum atomic E-state index is 12.2. The van der Waals surface area contributed by atoms with Crippen LogP contribution in [0, 0.1) is 0 Å². The highest BCUT2D eigenvalue weighted by atomic mass is 79.9. The number of rotatable bonds is 5. The second-order valence-electron chi connectivity index (χ2n) is 4.60. The van der Waals surface area contributed by atoms with Crippen molar-refractivity contribution < 1.29 is 19.1 Å². The maximum Gasteiger partial charge on any atom is 0.343 e. The van der Waals surface area contributed by atoms with E-state index in [9.17, 15) is 9.59 Å². The molecular formula is C15H13Br2NO4S2. The minimum atomic E-state index is -0.471. The molecule has 1 aliphatic heterocycles. The van der Waals surface area contributed by atoms with Crippen LogP contribution in [0.15, 0.2) is 26.0 Å². The van der Waals surface area contributed by atoms with Gasteiger partial charge in [-0.15, -0.1) is 0 Å². The Morgan fingerprint density at radius 1 is 1.38 bits per heavy atom. The standard InChI is InChI=1S/C15H13Br2NO4S2/c1-3-18-14(20)11(24-15(18)23)6-8-4-9(16)13(10(17)5-8)22-7-12(19)21-2/h4-6H,3,7H2,1-2H3/b11-6-. The molecule has 0 N–H and O–H groups in total. The van der Waals surface area contributed by atoms with E-state index in [1.165, 1.54) is 18.9 Å². The van der Waals surface area contributed by atoms with E-state index in [0.29, 0.717) is 30.5 Å². The van der Waals surface area contributed by atoms with E-state index in [4.69, 9.17) is 17.0 Å². The molecular weight excluding hydrogens is 482 g/mol. The Hall–Kier alpha value is -0.900. The van der Waals surface area contributed by atoms with Crippen LogP contribution in [-0.2, 0) is 14.3 Å². The lowest BCUT2D eigenvalue weighted by molar-refractivity contribution is -0.142. The molecule has 1 saturated heterocycles. The van der Waals surface area contributed by atoms with Gasteiger partial charge in [-0.05, 0) is 62.6 Å². The number of hydrogen-bond acceptors (Lipinski definition) is 6. The van der Waals surface area contributed by atoms with Crippen LogP contribution in [0.2, 0.25) is 0 Å². The minimum absolute atomic E-state index is 0.0919. The number of amides is 1. The van der Waals surface area contributed by atoms with Crippen LogP contribution in [0.1, 0.15) is 12.5 Å². The number of esters is 1. The van der Waals surface area contributed by atoms with Crippen LogP contribution >= 0.6 is 55.8 Å². The third-order valence-electron chi connectivity index (χ3n) is 3.07. The summed E-state index contributed by atoms with van der Waals surface area (Å²) in [6.45, 7) is 2.24. The van der Waals surface area contributed by atoms with Gasteiger partial charge in [-0.25, -0.2) is 4.79 Å². The highest BCUT2D eigenvalue weighted by Crippen LogP contribution is 2.37. The number of nitrogens with zero attached hydrogens (tertiary/aromatic N) is 1. The predicted octanol–water partition coefficient (Wildman–Crippen LogP) is 3.98. The number of hydrogen-bond donors (Lipinski definition) is 0. The van der Waals surface area contributed by atoms with Crippen molar-refractivity contribution in [3.8, 4) is 5.75 Å². The van der Waals surface area contributed by atoms with Crippen molar-refractivity contribution in [1.82, 2.24) is 4.90 Å². The summed E-state index contributed by atoms with van der Waals surface area (Å²) >= 11 is 13.3. The van der Waals surface area contributed by atoms with Crippen molar-refractivity contribution >= 4 is 78.1 Å². The monoisotopic (exact) mass is 493 g/mol. The fourth-order valence-corrected chi connectivity index (χ4v) is 4.75. The van der Waals surface area contributed by atoms with Crippen molar-refractivity contribution in [3.05, 3.63) is 31.5 Å². The molecule has 0 bridgehead atoms. The normalized spacial score (nSPS) is 16.0. The molecule has 1 amide bonds. The number of ether oxygens (including phenoxy) is 2. The zero-order valence-electron chi connectivity index (χ0n) is 12.8. The fourth-order valence-electron chi connectivity index (χ4n) is 1.91. The lowest BCUT2D eigenvalue weighted by Gasteiger charge is -2.11. The fraction of sp³-hybridized carbons (Fsp3) is 0.267. The van der Waals surface area contributed by atoms with Crippen molar-refractivity contribution in [2.75, 3.05) is 20.3 Å². The molecule has 0 aliphatic carbocycles. The first-order valence-corrected chi connectivity index (χ1v) is 9.62. The molecule has 128 valence electrons. The number of carbonyl (C=O) groups is 2. The topological polar surface area (TPSA) is 55.8 Å². The van der Waals surface area contributed by atoms with Crippen LogP contribution in [-0.4, -0.2) is 41.4 Å². The molecule has 0 unspecified atom stereocenters. The summed E-state index contributed by atoms with van der Waals surface area (Å²) in [5, 5.41) is 0. The van der Waals surface area contributed by atoms with Crippen LogP contribution in [0.5, 0.6) is 5.75 Å². The van der Waals surface area contributed by atoms with Crippen molar-refractivity contribution in [2.24, 2.45) is 0 Å². The quantitative estimate of drug-likeness (QED) is 0.350. The molecule has 0 saturated carbocycles. The largest absolute Gasteiger partial charge is 0.480 e. The predicted molar refractivity (Wildman–Crippen MR) is 105 cm³/mol. The lowest BCUT2D eigenvalue weighted by atomic mass is 10.2. The van der Waals surface area contributed by atoms with Gasteiger partial charge in [-0.1, -0.05) is 24.0 Å². The van der Waals surface area contributed by atoms with E-state index >= 15 is 0 Å². The van der Waals surface area contributed by atoms with Crippen molar-refractivity contribution in [2.45, 2.75) is 6.92 Å². The molecule has 0 aromatic heterocycles. The van der Waals surface area contributed by atoms with Gasteiger partial charge < -0.3 is 9.47 Å². The number of thioether (sulfide) groups is 1. The zero-order chi connectivity index (χ0) is 17.9. The summed E-state index contributed by atoms with van der Waals surface area (Å²) in [4.78, 5) is 25.6. The first-order chi connectivity index (χ1) is 11.4. The first kappa shape index (κ1) is 19.4. The molecule has 2 rings (SSSR count). The van der Waals surface area contributed by atoms with Gasteiger partial charge in [0, 0.05) is 6.54 Å². The van der Waals surface area contributed by atoms with Gasteiger partial charge in [0.1, 0.15) is 10.1 Å². The SMILES string of the molecule is CCN1C(=O)/C(=C/c2cc(Br)c(OCC(=O)OC)c(Br)c2)SC1=S. The molecule has 0 radical (unpaired) electrons. The molecule has 9 heteroatoms. The van der Waals surface area contributed by atoms with Crippen molar-refractivity contribution in [1.29, 1.82) is 0 Å². The molecule has 1 aliphatic rings. The number of methoxy groups -OCH3 is 1. The Morgan fingerprint density at radius 3 is 2.50 bits per heavy atom. The third-order valence-corrected chi connectivity index (χ3v) is 5.63. The van der Waals surface area contributed by atoms with Gasteiger partial charge in [-0.3, -0.25) is 9.69 Å². The highest BCUT2D eigenvalue weighted by molar-refractivity contribution is 9.11. The average Bonchev–Trinajstić information content (AvgIpc) is 2.79. The Morgan fingerprint density at radius 2 is 2.00 bits per heavy atom. The molecule has 1 aromatic carbocycles. The van der Waals surface area contributed by atoms with Crippen LogP contribution in [0.4, 0.5) is 0 Å². The summed E-state index contributed by atoms with van der Waals surface area (Å²) in [7, 11) is 1.30. The number of halogens is 2. The van der Waals surface area contributed by atoms with Gasteiger partial charge in [-0.2, -0.15) is 0 Å². The van der Waals surface area contributed by atoms with Gasteiger partial charge in [0.15, 0.2) is 6.61 Å². The van der Waals surface area contributed by atoms with Gasteiger partial charge in [0.25, 0.3) is 5.91 Å². The molecule has 1 heterocycles. The summed E-state index contributed by atoms with van der Waals surface area (Å²) < 4.78 is 11.8. The summed E-state index contributed by atoms with van der Waals surface area (Å²) in [5.41, 5.74) is 0.802. The Balaban J connectivity index is 2.24. The van der Waals surface area contributed by atoms with Gasteiger partial charge in [0.2, 0.25) is 0 Å². The van der Waals surface area contributed by atoms with Crippen LogP contribution in [0.25, 0.3) is 6.08 Å². The van der Waals surface area contributed by atoms with Gasteiger partial charge >= 0.3 is 5.97 Å². The average molecular weight is 495 g/mol. The number of benzene rings is 1. The summed E-state index contributed by atoms with van der Waals surface area (Å²) in [6.07, 6.45) is 1.77. The molecule has 24 heavy (non-hydrogen) atoms. The third kappa shape index (κ3) is 4.38. The van der Waals surface area contributed by atoms with Crippen LogP contribution in [0.3, 0.4) is 0 Å². The first-order valence-electron chi connectivity index (χ1n) is 6.81. The van der Waals surface area contributed by atoms with E-state index in [-0.39, 0.29) is 12.5 Å². The maximum absolute atomic E-state index is 12.2. The molecule has 0 atom stereocenters. The Labute approximate surface area is 166 Å². The minimum Gasteiger partial charge on any atom is -0.480 e. The van der Waals surface area contributed by atoms with E-state index in [1.807, 2.05) is 6.92 Å². The smallest absolute Gasteiger partial charge is 0.343 e. The molecule has 0 spiro atoms. The zero-order valence-corrected chi connectivity index (χ0v) is 17.6. The summed E-state index contributed by atoms with van der Waals surface area (Å²) in [6, 6.07) is 3.60. The molecule has 1 aromatic rings. The molecule has 1 fully saturated rings.